The number of unbranched alkanes of at least 4 members (excludes halogenated alkanes) is 1. The van der Waals surface area contributed by atoms with Crippen molar-refractivity contribution in [3.63, 3.8) is 0 Å². The first kappa shape index (κ1) is 35.1. The Hall–Kier alpha value is -5.20. The molecule has 0 radical (unpaired) electrons. The molecule has 1 unspecified atom stereocenters. The molecule has 2 heterocycles. The zero-order valence-electron chi connectivity index (χ0n) is 28.5. The number of methoxy groups -OCH3 is 1. The fourth-order valence-electron chi connectivity index (χ4n) is 6.05. The third-order valence-corrected chi connectivity index (χ3v) is 8.97. The monoisotopic (exact) mass is 668 g/mol. The van der Waals surface area contributed by atoms with Crippen LogP contribution < -0.4 is 25.4 Å². The molecule has 0 saturated carbocycles. The van der Waals surface area contributed by atoms with Crippen LogP contribution in [0.3, 0.4) is 0 Å². The van der Waals surface area contributed by atoms with Crippen molar-refractivity contribution >= 4 is 46.3 Å². The Morgan fingerprint density at radius 2 is 1.80 bits per heavy atom. The molecule has 1 saturated heterocycles. The molecule has 258 valence electrons. The molecule has 3 amide bonds. The lowest BCUT2D eigenvalue weighted by Gasteiger charge is -2.35. The van der Waals surface area contributed by atoms with E-state index in [0.29, 0.717) is 51.5 Å². The molecular formula is C37H44N6O6. The molecule has 1 aliphatic rings. The molecular weight excluding hydrogens is 624 g/mol. The number of aryl methyl sites for hydroxylation is 1. The fourth-order valence-corrected chi connectivity index (χ4v) is 6.05. The first-order chi connectivity index (χ1) is 23.6. The largest absolute Gasteiger partial charge is 0.495 e. The summed E-state index contributed by atoms with van der Waals surface area (Å²) in [7, 11) is 5.25. The first-order valence-electron chi connectivity index (χ1n) is 16.4. The number of fused-ring (bicyclic) bond motifs is 1. The van der Waals surface area contributed by atoms with E-state index in [4.69, 9.17) is 15.2 Å². The quantitative estimate of drug-likeness (QED) is 0.132. The average molecular weight is 669 g/mol. The van der Waals surface area contributed by atoms with E-state index in [9.17, 15) is 19.2 Å². The van der Waals surface area contributed by atoms with Gasteiger partial charge in [-0.25, -0.2) is 0 Å². The van der Waals surface area contributed by atoms with Gasteiger partial charge < -0.3 is 40.1 Å². The van der Waals surface area contributed by atoms with Crippen LogP contribution in [0.15, 0.2) is 60.7 Å². The maximum atomic E-state index is 13.7. The number of aromatic nitrogens is 1. The number of primary amides is 1. The number of nitrogens with one attached hydrogen (secondary N) is 2. The standard InChI is InChI=1S/C37H44N6O6/c1-24-11-14-32(34(20-24)49-19-6-5-8-26(23-44)43-17-15-41(2)16-18-43)42(3)37(47)25-12-13-30(33(21-25)48-4)40-36(46)27-9-7-10-29-28(27)22-31(39-29)35(38)45/h7,9-14,20-23,26,39H,5-6,8,15-19H2,1-4H3,(H2,38,45)(H,40,46). The van der Waals surface area contributed by atoms with E-state index in [-0.39, 0.29) is 17.6 Å². The summed E-state index contributed by atoms with van der Waals surface area (Å²) in [4.78, 5) is 59.4. The summed E-state index contributed by atoms with van der Waals surface area (Å²) in [5.74, 6) is -0.437. The highest BCUT2D eigenvalue weighted by Gasteiger charge is 2.23. The second-order valence-corrected chi connectivity index (χ2v) is 12.4. The number of anilines is 2. The highest BCUT2D eigenvalue weighted by molar-refractivity contribution is 6.14. The minimum atomic E-state index is -0.625. The lowest BCUT2D eigenvalue weighted by molar-refractivity contribution is -0.113. The number of nitrogens with zero attached hydrogens (tertiary/aromatic N) is 3. The number of amides is 3. The van der Waals surface area contributed by atoms with Gasteiger partial charge in [0.1, 0.15) is 23.5 Å². The van der Waals surface area contributed by atoms with Gasteiger partial charge in [-0.15, -0.1) is 0 Å². The molecule has 5 rings (SSSR count). The number of piperazine rings is 1. The molecule has 4 aromatic rings. The number of rotatable bonds is 14. The molecule has 3 aromatic carbocycles. The maximum Gasteiger partial charge on any atom is 0.265 e. The van der Waals surface area contributed by atoms with Crippen molar-refractivity contribution in [3.05, 3.63) is 83.0 Å². The number of ether oxygens (including phenoxy) is 2. The van der Waals surface area contributed by atoms with Crippen LogP contribution in [0.2, 0.25) is 0 Å². The van der Waals surface area contributed by atoms with Gasteiger partial charge in [0.05, 0.1) is 31.1 Å². The number of aromatic amines is 1. The van der Waals surface area contributed by atoms with Crippen LogP contribution in [0.25, 0.3) is 10.9 Å². The van der Waals surface area contributed by atoms with E-state index in [1.807, 2.05) is 25.1 Å². The predicted molar refractivity (Wildman–Crippen MR) is 190 cm³/mol. The van der Waals surface area contributed by atoms with Gasteiger partial charge in [0.25, 0.3) is 17.7 Å². The molecule has 4 N–H and O–H groups in total. The molecule has 0 aliphatic carbocycles. The van der Waals surface area contributed by atoms with Gasteiger partial charge >= 0.3 is 0 Å². The Bertz CT molecular complexity index is 1830. The average Bonchev–Trinajstić information content (AvgIpc) is 3.55. The van der Waals surface area contributed by atoms with Crippen LogP contribution in [0.5, 0.6) is 11.5 Å². The number of carbonyl (C=O) groups excluding carboxylic acids is 4. The van der Waals surface area contributed by atoms with Gasteiger partial charge in [-0.3, -0.25) is 19.3 Å². The van der Waals surface area contributed by atoms with E-state index < -0.39 is 11.8 Å². The third kappa shape index (κ3) is 8.27. The molecule has 0 spiro atoms. The van der Waals surface area contributed by atoms with Gasteiger partial charge in [-0.05, 0) is 87.3 Å². The highest BCUT2D eigenvalue weighted by atomic mass is 16.5. The summed E-state index contributed by atoms with van der Waals surface area (Å²) in [6.45, 7) is 6.16. The fraction of sp³-hybridized carbons (Fsp3) is 0.351. The number of hydrogen-bond acceptors (Lipinski definition) is 8. The molecule has 1 aliphatic heterocycles. The van der Waals surface area contributed by atoms with Gasteiger partial charge in [0.15, 0.2) is 0 Å². The van der Waals surface area contributed by atoms with Gasteiger partial charge in [0.2, 0.25) is 0 Å². The molecule has 49 heavy (non-hydrogen) atoms. The lowest BCUT2D eigenvalue weighted by Crippen LogP contribution is -2.49. The van der Waals surface area contributed by atoms with Crippen molar-refractivity contribution < 1.29 is 28.7 Å². The zero-order chi connectivity index (χ0) is 35.1. The van der Waals surface area contributed by atoms with Crippen LogP contribution >= 0.6 is 0 Å². The number of benzene rings is 3. The second kappa shape index (κ2) is 15.8. The van der Waals surface area contributed by atoms with Gasteiger partial charge in [-0.1, -0.05) is 12.1 Å². The van der Waals surface area contributed by atoms with Crippen molar-refractivity contribution in [2.24, 2.45) is 5.73 Å². The summed E-state index contributed by atoms with van der Waals surface area (Å²) in [6, 6.07) is 17.1. The van der Waals surface area contributed by atoms with E-state index >= 15 is 0 Å². The van der Waals surface area contributed by atoms with Crippen LogP contribution in [0, 0.1) is 6.92 Å². The van der Waals surface area contributed by atoms with E-state index in [0.717, 1.165) is 57.3 Å². The van der Waals surface area contributed by atoms with Gasteiger partial charge in [-0.2, -0.15) is 0 Å². The maximum absolute atomic E-state index is 13.7. The lowest BCUT2D eigenvalue weighted by atomic mass is 10.1. The summed E-state index contributed by atoms with van der Waals surface area (Å²) in [6.07, 6.45) is 3.47. The van der Waals surface area contributed by atoms with E-state index in [2.05, 4.69) is 27.1 Å². The van der Waals surface area contributed by atoms with Crippen molar-refractivity contribution in [1.82, 2.24) is 14.8 Å². The summed E-state index contributed by atoms with van der Waals surface area (Å²) in [5.41, 5.74) is 8.89. The Kier molecular flexibility index (Phi) is 11.3. The van der Waals surface area contributed by atoms with Crippen LogP contribution in [-0.2, 0) is 4.79 Å². The van der Waals surface area contributed by atoms with Crippen LogP contribution in [-0.4, -0.2) is 98.8 Å². The SMILES string of the molecule is COc1cc(C(=O)N(C)c2ccc(C)cc2OCCCCC(C=O)N2CCN(C)CC2)ccc1NC(=O)c1cccc2[nH]c(C(N)=O)cc12. The smallest absolute Gasteiger partial charge is 0.265 e. The highest BCUT2D eigenvalue weighted by Crippen LogP contribution is 2.32. The van der Waals surface area contributed by atoms with Gasteiger partial charge in [0, 0.05) is 55.3 Å². The number of likely N-dealkylation sites (N-methyl/N-ethyl adjacent to an activating group) is 1. The summed E-state index contributed by atoms with van der Waals surface area (Å²) >= 11 is 0. The van der Waals surface area contributed by atoms with Crippen LogP contribution in [0.4, 0.5) is 11.4 Å². The number of nitrogens with two attached hydrogens (primary N) is 1. The minimum Gasteiger partial charge on any atom is -0.495 e. The van der Waals surface area contributed by atoms with Crippen molar-refractivity contribution in [2.75, 3.05) is 64.2 Å². The minimum absolute atomic E-state index is 0.0753. The van der Waals surface area contributed by atoms with E-state index in [1.165, 1.54) is 12.0 Å². The number of hydrogen-bond donors (Lipinski definition) is 3. The van der Waals surface area contributed by atoms with Crippen molar-refractivity contribution in [2.45, 2.75) is 32.2 Å². The molecule has 1 atom stereocenters. The van der Waals surface area contributed by atoms with Crippen molar-refractivity contribution in [3.8, 4) is 11.5 Å². The molecule has 1 aromatic heterocycles. The Morgan fingerprint density at radius 1 is 1.02 bits per heavy atom. The number of aldehydes is 1. The molecule has 12 nitrogen and oxygen atoms in total. The Labute approximate surface area is 286 Å². The first-order valence-corrected chi connectivity index (χ1v) is 16.4. The molecule has 0 bridgehead atoms. The summed E-state index contributed by atoms with van der Waals surface area (Å²) in [5, 5.41) is 3.40. The number of carbonyl (C=O) groups is 4. The molecule has 12 heteroatoms. The van der Waals surface area contributed by atoms with E-state index in [1.54, 1.807) is 49.5 Å². The van der Waals surface area contributed by atoms with Crippen LogP contribution in [0.1, 0.15) is 56.0 Å². The normalized spacial score (nSPS) is 14.3. The third-order valence-electron chi connectivity index (χ3n) is 8.97. The number of H-pyrrole nitrogens is 1. The zero-order valence-corrected chi connectivity index (χ0v) is 28.5. The Balaban J connectivity index is 1.23. The Morgan fingerprint density at radius 3 is 2.51 bits per heavy atom. The predicted octanol–water partition coefficient (Wildman–Crippen LogP) is 4.48. The topological polar surface area (TPSA) is 150 Å². The molecule has 1 fully saturated rings. The summed E-state index contributed by atoms with van der Waals surface area (Å²) < 4.78 is 11.8. The van der Waals surface area contributed by atoms with Crippen molar-refractivity contribution in [1.29, 1.82) is 0 Å². The second-order valence-electron chi connectivity index (χ2n) is 12.4.